The smallest absolute Gasteiger partial charge is 0.434 e. The highest BCUT2D eigenvalue weighted by molar-refractivity contribution is 14.0. The van der Waals surface area contributed by atoms with Gasteiger partial charge in [0.25, 0.3) is 0 Å². The molecule has 0 spiro atoms. The number of hydrogen-bond acceptors (Lipinski definition) is 5. The zero-order chi connectivity index (χ0) is 20.4. The second-order valence-corrected chi connectivity index (χ2v) is 6.79. The van der Waals surface area contributed by atoms with Crippen LogP contribution in [0.4, 0.5) is 13.2 Å². The number of hydrogen-bond donors (Lipinski definition) is 2. The number of aromatic nitrogens is 2. The first-order valence-corrected chi connectivity index (χ1v) is 9.91. The van der Waals surface area contributed by atoms with Gasteiger partial charge in [-0.3, -0.25) is 0 Å². The molecule has 2 aromatic rings. The van der Waals surface area contributed by atoms with Crippen molar-refractivity contribution < 1.29 is 17.9 Å². The molecule has 0 saturated carbocycles. The van der Waals surface area contributed by atoms with Gasteiger partial charge in [-0.05, 0) is 18.9 Å². The molecule has 2 aromatic heterocycles. The highest BCUT2D eigenvalue weighted by atomic mass is 127. The molecule has 6 nitrogen and oxygen atoms in total. The molecule has 0 aliphatic rings. The topological polar surface area (TPSA) is 71.4 Å². The Morgan fingerprint density at radius 2 is 2.03 bits per heavy atom. The fourth-order valence-corrected chi connectivity index (χ4v) is 2.96. The monoisotopic (exact) mass is 543 g/mol. The van der Waals surface area contributed by atoms with Crippen molar-refractivity contribution in [3.8, 4) is 5.88 Å². The van der Waals surface area contributed by atoms with Gasteiger partial charge in [-0.1, -0.05) is 13.0 Å². The third-order valence-electron chi connectivity index (χ3n) is 3.49. The molecule has 0 atom stereocenters. The molecular formula is C18H25F3IN5OS. The molecule has 0 amide bonds. The standard InChI is InChI=1S/C18H24F3N5OS.HI/c1-3-9-27-15-6-5-13(10-24-15)11-25-17(22-4-2)23-8-7-16-26-14(12-28-16)18(19,20)21;/h5-6,10,12H,3-4,7-9,11H2,1-2H3,(H2,22,23,25);1H. The van der Waals surface area contributed by atoms with E-state index in [0.717, 1.165) is 28.7 Å². The van der Waals surface area contributed by atoms with Crippen molar-refractivity contribution in [1.82, 2.24) is 20.6 Å². The summed E-state index contributed by atoms with van der Waals surface area (Å²) < 4.78 is 43.2. The van der Waals surface area contributed by atoms with Gasteiger partial charge >= 0.3 is 6.18 Å². The van der Waals surface area contributed by atoms with Crippen molar-refractivity contribution in [3.63, 3.8) is 0 Å². The maximum atomic E-state index is 12.6. The van der Waals surface area contributed by atoms with Crippen LogP contribution in [0.1, 0.15) is 36.5 Å². The lowest BCUT2D eigenvalue weighted by Crippen LogP contribution is -2.38. The molecule has 0 unspecified atom stereocenters. The van der Waals surface area contributed by atoms with Crippen LogP contribution in [-0.4, -0.2) is 35.6 Å². The quantitative estimate of drug-likeness (QED) is 0.281. The number of nitrogens with zero attached hydrogens (tertiary/aromatic N) is 3. The van der Waals surface area contributed by atoms with Gasteiger partial charge in [0.15, 0.2) is 11.7 Å². The molecule has 162 valence electrons. The first kappa shape index (κ1) is 25.4. The summed E-state index contributed by atoms with van der Waals surface area (Å²) in [6.07, 6.45) is -1.38. The number of rotatable bonds is 9. The first-order valence-electron chi connectivity index (χ1n) is 9.03. The number of nitrogens with one attached hydrogen (secondary N) is 2. The lowest BCUT2D eigenvalue weighted by molar-refractivity contribution is -0.140. The Morgan fingerprint density at radius 1 is 1.24 bits per heavy atom. The minimum absolute atomic E-state index is 0. The van der Waals surface area contributed by atoms with Gasteiger partial charge in [-0.15, -0.1) is 35.3 Å². The zero-order valence-electron chi connectivity index (χ0n) is 16.3. The minimum Gasteiger partial charge on any atom is -0.478 e. The number of pyridine rings is 1. The molecule has 0 aromatic carbocycles. The Kier molecular flexibility index (Phi) is 11.2. The van der Waals surface area contributed by atoms with Crippen molar-refractivity contribution in [2.75, 3.05) is 19.7 Å². The summed E-state index contributed by atoms with van der Waals surface area (Å²) in [5.41, 5.74) is 0.0859. The van der Waals surface area contributed by atoms with E-state index < -0.39 is 11.9 Å². The molecule has 2 rings (SSSR count). The van der Waals surface area contributed by atoms with Gasteiger partial charge in [0.05, 0.1) is 18.2 Å². The van der Waals surface area contributed by atoms with E-state index >= 15 is 0 Å². The second-order valence-electron chi connectivity index (χ2n) is 5.85. The largest absolute Gasteiger partial charge is 0.478 e. The van der Waals surface area contributed by atoms with Crippen LogP contribution in [0.3, 0.4) is 0 Å². The molecule has 0 aliphatic heterocycles. The Hall–Kier alpha value is -1.63. The lowest BCUT2D eigenvalue weighted by Gasteiger charge is -2.10. The van der Waals surface area contributed by atoms with Gasteiger partial charge in [-0.2, -0.15) is 13.2 Å². The van der Waals surface area contributed by atoms with Crippen LogP contribution < -0.4 is 15.4 Å². The predicted molar refractivity (Wildman–Crippen MR) is 119 cm³/mol. The molecule has 29 heavy (non-hydrogen) atoms. The summed E-state index contributed by atoms with van der Waals surface area (Å²) in [5.74, 6) is 1.17. The van der Waals surface area contributed by atoms with Crippen molar-refractivity contribution >= 4 is 41.3 Å². The maximum Gasteiger partial charge on any atom is 0.434 e. The number of ether oxygens (including phenoxy) is 1. The van der Waals surface area contributed by atoms with Crippen LogP contribution in [0.2, 0.25) is 0 Å². The SMILES string of the molecule is CCCOc1ccc(CN=C(NCC)NCCc2nc(C(F)(F)F)cs2)cn1.I. The van der Waals surface area contributed by atoms with Gasteiger partial charge in [0.2, 0.25) is 5.88 Å². The first-order chi connectivity index (χ1) is 13.4. The Bertz CT molecular complexity index is 753. The van der Waals surface area contributed by atoms with E-state index in [1.807, 2.05) is 26.0 Å². The number of aliphatic imine (C=N–C) groups is 1. The summed E-state index contributed by atoms with van der Waals surface area (Å²) in [5, 5.41) is 7.68. The molecule has 11 heteroatoms. The molecule has 0 aliphatic carbocycles. The lowest BCUT2D eigenvalue weighted by atomic mass is 10.3. The van der Waals surface area contributed by atoms with E-state index in [-0.39, 0.29) is 24.0 Å². The average molecular weight is 543 g/mol. The summed E-state index contributed by atoms with van der Waals surface area (Å²) in [7, 11) is 0. The molecule has 2 N–H and O–H groups in total. The maximum absolute atomic E-state index is 12.6. The van der Waals surface area contributed by atoms with Crippen LogP contribution in [0.5, 0.6) is 5.88 Å². The Labute approximate surface area is 189 Å². The third-order valence-corrected chi connectivity index (χ3v) is 4.40. The van der Waals surface area contributed by atoms with Crippen LogP contribution in [0.25, 0.3) is 0 Å². The van der Waals surface area contributed by atoms with E-state index in [2.05, 4.69) is 25.6 Å². The van der Waals surface area contributed by atoms with Gasteiger partial charge < -0.3 is 15.4 Å². The minimum atomic E-state index is -4.40. The molecule has 0 radical (unpaired) electrons. The number of halogens is 4. The van der Waals surface area contributed by atoms with Crippen molar-refractivity contribution in [1.29, 1.82) is 0 Å². The van der Waals surface area contributed by atoms with E-state index in [1.165, 1.54) is 0 Å². The van der Waals surface area contributed by atoms with Crippen LogP contribution in [0, 0.1) is 0 Å². The fraction of sp³-hybridized carbons (Fsp3) is 0.500. The fourth-order valence-electron chi connectivity index (χ4n) is 2.15. The highest BCUT2D eigenvalue weighted by Gasteiger charge is 2.33. The van der Waals surface area contributed by atoms with Crippen LogP contribution >= 0.6 is 35.3 Å². The second kappa shape index (κ2) is 12.8. The number of alkyl halides is 3. The van der Waals surface area contributed by atoms with Crippen molar-refractivity contribution in [2.24, 2.45) is 4.99 Å². The van der Waals surface area contributed by atoms with Crippen LogP contribution in [-0.2, 0) is 19.1 Å². The van der Waals surface area contributed by atoms with E-state index in [4.69, 9.17) is 4.74 Å². The van der Waals surface area contributed by atoms with Gasteiger partial charge in [0.1, 0.15) is 0 Å². The normalized spacial score (nSPS) is 11.7. The van der Waals surface area contributed by atoms with E-state index in [1.54, 1.807) is 6.20 Å². The van der Waals surface area contributed by atoms with Gasteiger partial charge in [0, 0.05) is 37.2 Å². The molecule has 0 bridgehead atoms. The van der Waals surface area contributed by atoms with Crippen molar-refractivity contribution in [2.45, 2.75) is 39.4 Å². The summed E-state index contributed by atoms with van der Waals surface area (Å²) in [6.45, 7) is 6.12. The molecular weight excluding hydrogens is 518 g/mol. The predicted octanol–water partition coefficient (Wildman–Crippen LogP) is 4.26. The number of guanidine groups is 1. The number of thiazole rings is 1. The summed E-state index contributed by atoms with van der Waals surface area (Å²) in [6, 6.07) is 3.71. The molecule has 0 fully saturated rings. The van der Waals surface area contributed by atoms with Gasteiger partial charge in [-0.25, -0.2) is 15.0 Å². The van der Waals surface area contributed by atoms with Crippen LogP contribution in [0.15, 0.2) is 28.7 Å². The zero-order valence-corrected chi connectivity index (χ0v) is 19.4. The highest BCUT2D eigenvalue weighted by Crippen LogP contribution is 2.29. The Morgan fingerprint density at radius 3 is 2.62 bits per heavy atom. The third kappa shape index (κ3) is 9.15. The van der Waals surface area contributed by atoms with E-state index in [9.17, 15) is 13.2 Å². The summed E-state index contributed by atoms with van der Waals surface area (Å²) >= 11 is 1.01. The molecule has 2 heterocycles. The average Bonchev–Trinajstić information content (AvgIpc) is 3.15. The van der Waals surface area contributed by atoms with E-state index in [0.29, 0.717) is 49.5 Å². The Balaban J connectivity index is 0.00000420. The van der Waals surface area contributed by atoms with Crippen molar-refractivity contribution in [3.05, 3.63) is 40.0 Å². The summed E-state index contributed by atoms with van der Waals surface area (Å²) in [4.78, 5) is 12.3. The molecule has 0 saturated heterocycles.